The van der Waals surface area contributed by atoms with Crippen molar-refractivity contribution in [2.45, 2.75) is 26.2 Å². The van der Waals surface area contributed by atoms with E-state index in [1.54, 1.807) is 8.61 Å². The number of piperidine rings is 1. The third kappa shape index (κ3) is 2.84. The summed E-state index contributed by atoms with van der Waals surface area (Å²) in [6.07, 6.45) is 3.07. The number of rotatable bonds is 3. The Morgan fingerprint density at radius 1 is 0.864 bits per heavy atom. The Hall–Kier alpha value is -1.19. The minimum Gasteiger partial charge on any atom is -0.338 e. The molecule has 0 N–H and O–H groups in total. The number of nitrogens with zero attached hydrogens (tertiary/aromatic N) is 6. The average molecular weight is 328 g/mol. The predicted molar refractivity (Wildman–Crippen MR) is 83.9 cm³/mol. The van der Waals surface area contributed by atoms with Gasteiger partial charge in [-0.1, -0.05) is 6.42 Å². The smallest absolute Gasteiger partial charge is 0.282 e. The second-order valence-corrected chi connectivity index (χ2v) is 7.89. The average Bonchev–Trinajstić information content (AvgIpc) is 2.88. The van der Waals surface area contributed by atoms with Crippen molar-refractivity contribution in [3.05, 3.63) is 5.82 Å². The van der Waals surface area contributed by atoms with Crippen molar-refractivity contribution in [2.75, 3.05) is 44.2 Å². The van der Waals surface area contributed by atoms with Gasteiger partial charge in [0.05, 0.1) is 0 Å². The molecule has 2 aliphatic rings. The third-order valence-electron chi connectivity index (χ3n) is 4.56. The summed E-state index contributed by atoms with van der Waals surface area (Å²) in [7, 11) is -1.37. The Kier molecular flexibility index (Phi) is 4.37. The van der Waals surface area contributed by atoms with E-state index in [1.165, 1.54) is 0 Å². The monoisotopic (exact) mass is 328 g/mol. The molecule has 0 bridgehead atoms. The van der Waals surface area contributed by atoms with Crippen LogP contribution < -0.4 is 4.90 Å². The Morgan fingerprint density at radius 3 is 2.00 bits per heavy atom. The van der Waals surface area contributed by atoms with Crippen molar-refractivity contribution in [3.63, 3.8) is 0 Å². The van der Waals surface area contributed by atoms with Gasteiger partial charge < -0.3 is 9.47 Å². The van der Waals surface area contributed by atoms with Crippen LogP contribution in [0, 0.1) is 6.92 Å². The summed E-state index contributed by atoms with van der Waals surface area (Å²) in [4.78, 5) is 2.10. The molecule has 0 amide bonds. The molecular formula is C13H24N6O2S. The summed E-state index contributed by atoms with van der Waals surface area (Å²) in [5.41, 5.74) is 0. The van der Waals surface area contributed by atoms with Crippen LogP contribution in [-0.4, -0.2) is 71.1 Å². The Balaban J connectivity index is 1.65. The summed E-state index contributed by atoms with van der Waals surface area (Å²) in [5.74, 6) is 1.67. The largest absolute Gasteiger partial charge is 0.338 e. The van der Waals surface area contributed by atoms with Gasteiger partial charge in [-0.3, -0.25) is 0 Å². The Morgan fingerprint density at radius 2 is 1.45 bits per heavy atom. The first kappa shape index (κ1) is 15.7. The van der Waals surface area contributed by atoms with Crippen molar-refractivity contribution >= 4 is 16.2 Å². The molecule has 0 spiro atoms. The number of hydrogen-bond donors (Lipinski definition) is 0. The molecule has 2 fully saturated rings. The van der Waals surface area contributed by atoms with Crippen LogP contribution in [0.15, 0.2) is 0 Å². The first-order valence-electron chi connectivity index (χ1n) is 7.86. The van der Waals surface area contributed by atoms with Gasteiger partial charge in [-0.25, -0.2) is 0 Å². The first-order valence-corrected chi connectivity index (χ1v) is 9.26. The number of aromatic nitrogens is 3. The lowest BCUT2D eigenvalue weighted by Crippen LogP contribution is -2.54. The van der Waals surface area contributed by atoms with Crippen LogP contribution in [0.5, 0.6) is 0 Å². The van der Waals surface area contributed by atoms with Gasteiger partial charge in [-0.05, 0) is 19.8 Å². The summed E-state index contributed by atoms with van der Waals surface area (Å²) in [5, 5.41) is 8.24. The highest BCUT2D eigenvalue weighted by Gasteiger charge is 2.33. The standard InChI is InChI=1S/C13H24N6O2S/c1-12-14-15-13(16(12)2)17-8-10-19(11-9-17)22(20,21)18-6-4-3-5-7-18/h3-11H2,1-2H3. The zero-order valence-electron chi connectivity index (χ0n) is 13.3. The minimum atomic E-state index is -3.30. The van der Waals surface area contributed by atoms with Crippen molar-refractivity contribution in [1.82, 2.24) is 23.4 Å². The molecular weight excluding hydrogens is 304 g/mol. The van der Waals surface area contributed by atoms with Crippen LogP contribution >= 0.6 is 0 Å². The van der Waals surface area contributed by atoms with Crippen molar-refractivity contribution in [1.29, 1.82) is 0 Å². The van der Waals surface area contributed by atoms with Gasteiger partial charge in [0.25, 0.3) is 10.2 Å². The Bertz CT molecular complexity index is 614. The zero-order chi connectivity index (χ0) is 15.7. The maximum Gasteiger partial charge on any atom is 0.282 e. The van der Waals surface area contributed by atoms with E-state index < -0.39 is 10.2 Å². The molecule has 0 atom stereocenters. The van der Waals surface area contributed by atoms with Crippen LogP contribution in [-0.2, 0) is 17.3 Å². The molecule has 22 heavy (non-hydrogen) atoms. The summed E-state index contributed by atoms with van der Waals surface area (Å²) >= 11 is 0. The molecule has 0 unspecified atom stereocenters. The quantitative estimate of drug-likeness (QED) is 0.779. The minimum absolute atomic E-state index is 0.505. The van der Waals surface area contributed by atoms with Gasteiger partial charge in [0.1, 0.15) is 5.82 Å². The highest BCUT2D eigenvalue weighted by atomic mass is 32.2. The summed E-state index contributed by atoms with van der Waals surface area (Å²) in [6, 6.07) is 0. The molecule has 0 aliphatic carbocycles. The molecule has 3 rings (SSSR count). The van der Waals surface area contributed by atoms with Crippen LogP contribution in [0.2, 0.25) is 0 Å². The molecule has 1 aromatic heterocycles. The predicted octanol–water partition coefficient (Wildman–Crippen LogP) is -0.0238. The second-order valence-electron chi connectivity index (χ2n) is 5.96. The molecule has 8 nitrogen and oxygen atoms in total. The number of aryl methyl sites for hydroxylation is 1. The summed E-state index contributed by atoms with van der Waals surface area (Å²) < 4.78 is 30.5. The summed E-state index contributed by atoms with van der Waals surface area (Å²) in [6.45, 7) is 5.54. The van der Waals surface area contributed by atoms with Gasteiger partial charge in [0, 0.05) is 46.3 Å². The van der Waals surface area contributed by atoms with Crippen molar-refractivity contribution in [3.8, 4) is 0 Å². The van der Waals surface area contributed by atoms with Crippen LogP contribution in [0.25, 0.3) is 0 Å². The maximum absolute atomic E-state index is 12.7. The van der Waals surface area contributed by atoms with Crippen molar-refractivity contribution < 1.29 is 8.42 Å². The van der Waals surface area contributed by atoms with E-state index in [0.717, 1.165) is 31.0 Å². The molecule has 0 saturated carbocycles. The lowest BCUT2D eigenvalue weighted by Gasteiger charge is -2.37. The zero-order valence-corrected chi connectivity index (χ0v) is 14.1. The number of anilines is 1. The number of piperazine rings is 1. The van der Waals surface area contributed by atoms with E-state index in [-0.39, 0.29) is 0 Å². The SMILES string of the molecule is Cc1nnc(N2CCN(S(=O)(=O)N3CCCCC3)CC2)n1C. The van der Waals surface area contributed by atoms with Crippen LogP contribution in [0.3, 0.4) is 0 Å². The second kappa shape index (κ2) is 6.13. The van der Waals surface area contributed by atoms with Gasteiger partial charge in [-0.2, -0.15) is 17.0 Å². The topological polar surface area (TPSA) is 74.6 Å². The maximum atomic E-state index is 12.7. The van der Waals surface area contributed by atoms with E-state index in [2.05, 4.69) is 15.1 Å². The highest BCUT2D eigenvalue weighted by molar-refractivity contribution is 7.86. The van der Waals surface area contributed by atoms with E-state index in [0.29, 0.717) is 39.3 Å². The Labute approximate surface area is 131 Å². The fourth-order valence-corrected chi connectivity index (χ4v) is 4.72. The molecule has 3 heterocycles. The fraction of sp³-hybridized carbons (Fsp3) is 0.846. The van der Waals surface area contributed by atoms with Gasteiger partial charge in [0.15, 0.2) is 0 Å². The van der Waals surface area contributed by atoms with Gasteiger partial charge in [0.2, 0.25) is 5.95 Å². The first-order chi connectivity index (χ1) is 10.5. The lowest BCUT2D eigenvalue weighted by atomic mass is 10.2. The third-order valence-corrected chi connectivity index (χ3v) is 6.59. The molecule has 124 valence electrons. The van der Waals surface area contributed by atoms with E-state index in [4.69, 9.17) is 0 Å². The van der Waals surface area contributed by atoms with Gasteiger partial charge >= 0.3 is 0 Å². The van der Waals surface area contributed by atoms with Crippen LogP contribution in [0.4, 0.5) is 5.95 Å². The van der Waals surface area contributed by atoms with E-state index in [1.807, 2.05) is 18.5 Å². The van der Waals surface area contributed by atoms with E-state index in [9.17, 15) is 8.42 Å². The molecule has 1 aromatic rings. The lowest BCUT2D eigenvalue weighted by molar-refractivity contribution is 0.295. The molecule has 9 heteroatoms. The molecule has 0 aromatic carbocycles. The van der Waals surface area contributed by atoms with E-state index >= 15 is 0 Å². The highest BCUT2D eigenvalue weighted by Crippen LogP contribution is 2.20. The molecule has 2 aliphatic heterocycles. The van der Waals surface area contributed by atoms with Crippen molar-refractivity contribution in [2.24, 2.45) is 7.05 Å². The molecule has 2 saturated heterocycles. The number of hydrogen-bond acceptors (Lipinski definition) is 5. The van der Waals surface area contributed by atoms with Crippen LogP contribution in [0.1, 0.15) is 25.1 Å². The normalized spacial score (nSPS) is 22.2. The fourth-order valence-electron chi connectivity index (χ4n) is 3.05. The van der Waals surface area contributed by atoms with Gasteiger partial charge in [-0.15, -0.1) is 10.2 Å². The molecule has 0 radical (unpaired) electrons.